The van der Waals surface area contributed by atoms with Gasteiger partial charge >= 0.3 is 0 Å². The highest BCUT2D eigenvalue weighted by Gasteiger charge is 2.21. The van der Waals surface area contributed by atoms with Gasteiger partial charge < -0.3 is 14.4 Å². The van der Waals surface area contributed by atoms with Gasteiger partial charge in [-0.2, -0.15) is 0 Å². The first-order valence-electron chi connectivity index (χ1n) is 10.3. The number of hydrogen-bond donors (Lipinski definition) is 1. The summed E-state index contributed by atoms with van der Waals surface area (Å²) < 4.78 is 7.56. The Kier molecular flexibility index (Phi) is 6.00. The minimum atomic E-state index is -1.10. The van der Waals surface area contributed by atoms with E-state index in [9.17, 15) is 5.11 Å². The smallest absolute Gasteiger partial charge is 0.143 e. The molecule has 4 aromatic rings. The van der Waals surface area contributed by atoms with Gasteiger partial charge in [-0.25, -0.2) is 15.0 Å². The van der Waals surface area contributed by atoms with E-state index in [-0.39, 0.29) is 0 Å². The van der Waals surface area contributed by atoms with Crippen LogP contribution in [0.25, 0.3) is 16.9 Å². The Bertz CT molecular complexity index is 1240. The number of benzene rings is 2. The average molecular weight is 449 g/mol. The first kappa shape index (κ1) is 22.0. The Hall–Kier alpha value is -3.22. The molecule has 0 spiro atoms. The molecule has 0 aliphatic rings. The maximum Gasteiger partial charge on any atom is 0.143 e. The van der Waals surface area contributed by atoms with Crippen molar-refractivity contribution in [3.8, 4) is 22.7 Å². The van der Waals surface area contributed by atoms with Crippen LogP contribution >= 0.6 is 11.6 Å². The molecule has 164 valence electrons. The molecule has 0 atom stereocenters. The second-order valence-corrected chi connectivity index (χ2v) is 8.66. The lowest BCUT2D eigenvalue weighted by Gasteiger charge is -2.19. The molecule has 6 nitrogen and oxygen atoms in total. The van der Waals surface area contributed by atoms with Crippen molar-refractivity contribution in [1.82, 2.24) is 19.5 Å². The van der Waals surface area contributed by atoms with E-state index in [1.807, 2.05) is 66.2 Å². The Labute approximate surface area is 192 Å². The van der Waals surface area contributed by atoms with E-state index >= 15 is 0 Å². The quantitative estimate of drug-likeness (QED) is 0.443. The van der Waals surface area contributed by atoms with Crippen LogP contribution in [-0.4, -0.2) is 31.7 Å². The SMILES string of the molecule is COc1cc(Cc2nc(-c3ccc(Cl)cc3)cc(C(C)(C)O)n2)ccc1-n1cnc(C)c1. The highest BCUT2D eigenvalue weighted by Crippen LogP contribution is 2.28. The number of aryl methyl sites for hydroxylation is 1. The molecule has 0 saturated heterocycles. The maximum absolute atomic E-state index is 10.6. The number of halogens is 1. The molecule has 0 fully saturated rings. The number of methoxy groups -OCH3 is 1. The Morgan fingerprint density at radius 3 is 2.44 bits per heavy atom. The van der Waals surface area contributed by atoms with Crippen LogP contribution in [0.3, 0.4) is 0 Å². The largest absolute Gasteiger partial charge is 0.495 e. The molecular weight excluding hydrogens is 424 g/mol. The topological polar surface area (TPSA) is 73.1 Å². The van der Waals surface area contributed by atoms with Gasteiger partial charge in [-0.15, -0.1) is 0 Å². The number of hydrogen-bond acceptors (Lipinski definition) is 5. The van der Waals surface area contributed by atoms with E-state index < -0.39 is 5.60 Å². The van der Waals surface area contributed by atoms with Gasteiger partial charge in [0.05, 0.1) is 36.2 Å². The zero-order valence-electron chi connectivity index (χ0n) is 18.5. The first-order valence-corrected chi connectivity index (χ1v) is 10.7. The third-order valence-corrected chi connectivity index (χ3v) is 5.39. The lowest BCUT2D eigenvalue weighted by Crippen LogP contribution is -2.19. The highest BCUT2D eigenvalue weighted by atomic mass is 35.5. The summed E-state index contributed by atoms with van der Waals surface area (Å²) in [5.74, 6) is 1.35. The van der Waals surface area contributed by atoms with Crippen molar-refractivity contribution in [2.24, 2.45) is 0 Å². The standard InChI is InChI=1S/C25H25ClN4O2/c1-16-14-30(15-27-16)21-10-5-17(11-22(21)32-4)12-24-28-20(13-23(29-24)25(2,3)31)18-6-8-19(26)9-7-18/h5-11,13-15,31H,12H2,1-4H3. The Morgan fingerprint density at radius 1 is 1.06 bits per heavy atom. The van der Waals surface area contributed by atoms with Crippen LogP contribution < -0.4 is 4.74 Å². The molecule has 0 amide bonds. The molecule has 0 saturated carbocycles. The fourth-order valence-corrected chi connectivity index (χ4v) is 3.56. The van der Waals surface area contributed by atoms with E-state index in [0.29, 0.717) is 23.0 Å². The van der Waals surface area contributed by atoms with Gasteiger partial charge in [-0.3, -0.25) is 0 Å². The summed E-state index contributed by atoms with van der Waals surface area (Å²) in [5, 5.41) is 11.3. The van der Waals surface area contributed by atoms with Crippen LogP contribution in [0.15, 0.2) is 61.1 Å². The van der Waals surface area contributed by atoms with Crippen LogP contribution in [0.2, 0.25) is 5.02 Å². The number of imidazole rings is 1. The number of rotatable bonds is 6. The van der Waals surface area contributed by atoms with Crippen LogP contribution in [0.1, 0.15) is 36.6 Å². The van der Waals surface area contributed by atoms with Crippen molar-refractivity contribution in [3.05, 3.63) is 88.9 Å². The lowest BCUT2D eigenvalue weighted by molar-refractivity contribution is 0.0735. The molecule has 0 unspecified atom stereocenters. The molecule has 0 bridgehead atoms. The van der Waals surface area contributed by atoms with E-state index in [2.05, 4.69) is 9.97 Å². The molecule has 0 radical (unpaired) electrons. The zero-order valence-corrected chi connectivity index (χ0v) is 19.3. The summed E-state index contributed by atoms with van der Waals surface area (Å²) in [5.41, 5.74) is 3.95. The molecule has 0 aliphatic carbocycles. The van der Waals surface area contributed by atoms with Gasteiger partial charge in [-0.05, 0) is 56.7 Å². The minimum Gasteiger partial charge on any atom is -0.495 e. The van der Waals surface area contributed by atoms with E-state index in [0.717, 1.165) is 34.0 Å². The van der Waals surface area contributed by atoms with E-state index in [4.69, 9.17) is 21.3 Å². The van der Waals surface area contributed by atoms with Crippen LogP contribution in [0.4, 0.5) is 0 Å². The van der Waals surface area contributed by atoms with Crippen molar-refractivity contribution >= 4 is 11.6 Å². The molecule has 2 heterocycles. The summed E-state index contributed by atoms with van der Waals surface area (Å²) in [7, 11) is 1.65. The Morgan fingerprint density at radius 2 is 1.81 bits per heavy atom. The van der Waals surface area contributed by atoms with Crippen molar-refractivity contribution in [1.29, 1.82) is 0 Å². The summed E-state index contributed by atoms with van der Waals surface area (Å²) in [6, 6.07) is 15.3. The van der Waals surface area contributed by atoms with Gasteiger partial charge in [-0.1, -0.05) is 29.8 Å². The summed E-state index contributed by atoms with van der Waals surface area (Å²) in [6.07, 6.45) is 4.21. The van der Waals surface area contributed by atoms with Gasteiger partial charge in [0.2, 0.25) is 0 Å². The zero-order chi connectivity index (χ0) is 22.9. The fourth-order valence-electron chi connectivity index (χ4n) is 3.44. The molecule has 2 aromatic heterocycles. The summed E-state index contributed by atoms with van der Waals surface area (Å²) >= 11 is 6.04. The van der Waals surface area contributed by atoms with Gasteiger partial charge in [0.1, 0.15) is 17.2 Å². The monoisotopic (exact) mass is 448 g/mol. The fraction of sp³-hybridized carbons (Fsp3) is 0.240. The van der Waals surface area contributed by atoms with Gasteiger partial charge in [0.15, 0.2) is 0 Å². The van der Waals surface area contributed by atoms with E-state index in [1.54, 1.807) is 27.3 Å². The molecule has 1 N–H and O–H groups in total. The van der Waals surface area contributed by atoms with Crippen molar-refractivity contribution < 1.29 is 9.84 Å². The van der Waals surface area contributed by atoms with Crippen molar-refractivity contribution in [2.45, 2.75) is 32.8 Å². The average Bonchev–Trinajstić information content (AvgIpc) is 3.19. The third-order valence-electron chi connectivity index (χ3n) is 5.14. The molecular formula is C25H25ClN4O2. The minimum absolute atomic E-state index is 0.490. The van der Waals surface area contributed by atoms with E-state index in [1.165, 1.54) is 0 Å². The van der Waals surface area contributed by atoms with Crippen LogP contribution in [0, 0.1) is 6.92 Å². The predicted octanol–water partition coefficient (Wildman–Crippen LogP) is 5.12. The number of aliphatic hydroxyl groups is 1. The third kappa shape index (κ3) is 4.82. The normalized spacial score (nSPS) is 11.6. The van der Waals surface area contributed by atoms with Gasteiger partial charge in [0, 0.05) is 23.2 Å². The van der Waals surface area contributed by atoms with Crippen molar-refractivity contribution in [2.75, 3.05) is 7.11 Å². The second kappa shape index (κ2) is 8.73. The second-order valence-electron chi connectivity index (χ2n) is 8.23. The molecule has 0 aliphatic heterocycles. The van der Waals surface area contributed by atoms with Gasteiger partial charge in [0.25, 0.3) is 0 Å². The predicted molar refractivity (Wildman–Crippen MR) is 125 cm³/mol. The number of nitrogens with zero attached hydrogens (tertiary/aromatic N) is 4. The Balaban J connectivity index is 1.72. The molecule has 7 heteroatoms. The maximum atomic E-state index is 10.6. The summed E-state index contributed by atoms with van der Waals surface area (Å²) in [4.78, 5) is 13.7. The molecule has 2 aromatic carbocycles. The lowest BCUT2D eigenvalue weighted by atomic mass is 10.0. The van der Waals surface area contributed by atoms with Crippen LogP contribution in [-0.2, 0) is 12.0 Å². The molecule has 32 heavy (non-hydrogen) atoms. The van der Waals surface area contributed by atoms with Crippen molar-refractivity contribution in [3.63, 3.8) is 0 Å². The molecule has 4 rings (SSSR count). The van der Waals surface area contributed by atoms with Crippen LogP contribution in [0.5, 0.6) is 5.75 Å². The highest BCUT2D eigenvalue weighted by molar-refractivity contribution is 6.30. The number of aromatic nitrogens is 4. The summed E-state index contributed by atoms with van der Waals surface area (Å²) in [6.45, 7) is 5.38. The first-order chi connectivity index (χ1) is 15.2. The number of ether oxygens (including phenoxy) is 1.